The van der Waals surface area contributed by atoms with Gasteiger partial charge in [0.25, 0.3) is 0 Å². The van der Waals surface area contributed by atoms with Crippen LogP contribution in [-0.4, -0.2) is 20.5 Å². The molecule has 1 aromatic rings. The lowest BCUT2D eigenvalue weighted by Gasteiger charge is -2.29. The number of sulfonamides is 1. The number of nitrogens with two attached hydrogens (primary N) is 1. The highest BCUT2D eigenvalue weighted by atomic mass is 79.9. The number of hydrogen-bond donors (Lipinski definition) is 2. The third-order valence-electron chi connectivity index (χ3n) is 3.23. The molecule has 0 saturated heterocycles. The van der Waals surface area contributed by atoms with Gasteiger partial charge in [-0.1, -0.05) is 34.8 Å². The second-order valence-corrected chi connectivity index (χ2v) is 7.26. The summed E-state index contributed by atoms with van der Waals surface area (Å²) in [6.45, 7) is 0. The first-order valence-corrected chi connectivity index (χ1v) is 8.30. The fraction of sp³-hybridized carbons (Fsp3) is 0.500. The van der Waals surface area contributed by atoms with Crippen LogP contribution in [0.2, 0.25) is 0 Å². The summed E-state index contributed by atoms with van der Waals surface area (Å²) < 4.78 is 27.9. The van der Waals surface area contributed by atoms with Crippen LogP contribution in [0.25, 0.3) is 0 Å². The Morgan fingerprint density at radius 1 is 1.28 bits per heavy atom. The van der Waals surface area contributed by atoms with Crippen LogP contribution in [0.15, 0.2) is 33.6 Å². The summed E-state index contributed by atoms with van der Waals surface area (Å²) in [5.41, 5.74) is 5.96. The predicted molar refractivity (Wildman–Crippen MR) is 74.7 cm³/mol. The van der Waals surface area contributed by atoms with Crippen LogP contribution in [0.3, 0.4) is 0 Å². The van der Waals surface area contributed by atoms with Gasteiger partial charge in [0.15, 0.2) is 0 Å². The van der Waals surface area contributed by atoms with Crippen molar-refractivity contribution in [2.24, 2.45) is 5.73 Å². The van der Waals surface area contributed by atoms with Crippen LogP contribution >= 0.6 is 15.9 Å². The van der Waals surface area contributed by atoms with Crippen molar-refractivity contribution in [1.29, 1.82) is 0 Å². The zero-order chi connectivity index (χ0) is 13.2. The topological polar surface area (TPSA) is 72.2 Å². The van der Waals surface area contributed by atoms with Gasteiger partial charge in [0.1, 0.15) is 0 Å². The molecule has 1 aromatic carbocycles. The minimum absolute atomic E-state index is 0.0827. The van der Waals surface area contributed by atoms with Crippen LogP contribution < -0.4 is 10.5 Å². The maximum atomic E-state index is 12.2. The second-order valence-electron chi connectivity index (χ2n) is 4.63. The average Bonchev–Trinajstić information content (AvgIpc) is 2.32. The molecule has 1 aliphatic carbocycles. The van der Waals surface area contributed by atoms with E-state index in [4.69, 9.17) is 5.73 Å². The highest BCUT2D eigenvalue weighted by molar-refractivity contribution is 9.10. The fourth-order valence-electron chi connectivity index (χ4n) is 2.21. The normalized spacial score (nSPS) is 25.0. The molecule has 2 rings (SSSR count). The number of benzene rings is 1. The zero-order valence-corrected chi connectivity index (χ0v) is 12.4. The van der Waals surface area contributed by atoms with Gasteiger partial charge in [-0.25, -0.2) is 13.1 Å². The highest BCUT2D eigenvalue weighted by Crippen LogP contribution is 2.21. The number of halogens is 1. The van der Waals surface area contributed by atoms with Gasteiger partial charge in [-0.3, -0.25) is 0 Å². The number of hydrogen-bond acceptors (Lipinski definition) is 3. The molecule has 3 N–H and O–H groups in total. The van der Waals surface area contributed by atoms with Crippen LogP contribution in [0.4, 0.5) is 0 Å². The van der Waals surface area contributed by atoms with E-state index in [-0.39, 0.29) is 17.0 Å². The van der Waals surface area contributed by atoms with Crippen LogP contribution in [0, 0.1) is 0 Å². The molecule has 0 bridgehead atoms. The van der Waals surface area contributed by atoms with Crippen LogP contribution in [-0.2, 0) is 10.0 Å². The lowest BCUT2D eigenvalue weighted by atomic mass is 9.92. The Kier molecular flexibility index (Phi) is 4.42. The Balaban J connectivity index is 2.16. The first-order valence-electron chi connectivity index (χ1n) is 6.02. The standard InChI is InChI=1S/C12H17BrN2O2S/c13-9-4-3-5-10(8-9)18(16,17)15-12-7-2-1-6-11(12)14/h3-5,8,11-12,15H,1-2,6-7,14H2. The average molecular weight is 333 g/mol. The Morgan fingerprint density at radius 2 is 2.00 bits per heavy atom. The highest BCUT2D eigenvalue weighted by Gasteiger charge is 2.27. The molecule has 6 heteroatoms. The summed E-state index contributed by atoms with van der Waals surface area (Å²) in [6, 6.07) is 6.45. The Bertz CT molecular complexity index is 519. The Labute approximate surface area is 116 Å². The van der Waals surface area contributed by atoms with E-state index in [1.54, 1.807) is 24.3 Å². The smallest absolute Gasteiger partial charge is 0.240 e. The Morgan fingerprint density at radius 3 is 2.67 bits per heavy atom. The summed E-state index contributed by atoms with van der Waals surface area (Å²) in [5, 5.41) is 0. The van der Waals surface area contributed by atoms with Gasteiger partial charge in [-0.15, -0.1) is 0 Å². The van der Waals surface area contributed by atoms with Gasteiger partial charge in [-0.2, -0.15) is 0 Å². The maximum Gasteiger partial charge on any atom is 0.240 e. The van der Waals surface area contributed by atoms with Gasteiger partial charge < -0.3 is 5.73 Å². The molecule has 4 nitrogen and oxygen atoms in total. The van der Waals surface area contributed by atoms with Gasteiger partial charge in [0.05, 0.1) is 4.90 Å². The molecule has 1 aliphatic rings. The summed E-state index contributed by atoms with van der Waals surface area (Å²) in [4.78, 5) is 0.273. The fourth-order valence-corrected chi connectivity index (χ4v) is 4.13. The Hall–Kier alpha value is -0.430. The van der Waals surface area contributed by atoms with Crippen molar-refractivity contribution in [2.75, 3.05) is 0 Å². The number of nitrogens with one attached hydrogen (secondary N) is 1. The number of rotatable bonds is 3. The summed E-state index contributed by atoms with van der Waals surface area (Å²) in [6.07, 6.45) is 3.80. The quantitative estimate of drug-likeness (QED) is 0.889. The third-order valence-corrected chi connectivity index (χ3v) is 5.21. The first-order chi connectivity index (χ1) is 8.49. The predicted octanol–water partition coefficient (Wildman–Crippen LogP) is 2.00. The van der Waals surface area contributed by atoms with E-state index in [9.17, 15) is 8.42 Å². The van der Waals surface area contributed by atoms with E-state index in [2.05, 4.69) is 20.7 Å². The molecule has 1 fully saturated rings. The summed E-state index contributed by atoms with van der Waals surface area (Å²) in [7, 11) is -3.48. The summed E-state index contributed by atoms with van der Waals surface area (Å²) in [5.74, 6) is 0. The van der Waals surface area contributed by atoms with Crippen molar-refractivity contribution in [3.8, 4) is 0 Å². The molecule has 0 spiro atoms. The van der Waals surface area contributed by atoms with Crippen LogP contribution in [0.1, 0.15) is 25.7 Å². The van der Waals surface area contributed by atoms with Gasteiger partial charge in [0, 0.05) is 16.6 Å². The second kappa shape index (κ2) is 5.69. The molecule has 0 aliphatic heterocycles. The van der Waals surface area contributed by atoms with Gasteiger partial charge in [-0.05, 0) is 31.0 Å². The van der Waals surface area contributed by atoms with E-state index >= 15 is 0 Å². The largest absolute Gasteiger partial charge is 0.326 e. The zero-order valence-electron chi connectivity index (χ0n) is 9.97. The minimum Gasteiger partial charge on any atom is -0.326 e. The molecule has 2 atom stereocenters. The SMILES string of the molecule is NC1CCCCC1NS(=O)(=O)c1cccc(Br)c1. The maximum absolute atomic E-state index is 12.2. The lowest BCUT2D eigenvalue weighted by molar-refractivity contribution is 0.361. The van der Waals surface area contributed by atoms with E-state index < -0.39 is 10.0 Å². The molecule has 0 amide bonds. The van der Waals surface area contributed by atoms with Crippen molar-refractivity contribution in [3.05, 3.63) is 28.7 Å². The van der Waals surface area contributed by atoms with Crippen LogP contribution in [0.5, 0.6) is 0 Å². The van der Waals surface area contributed by atoms with E-state index in [1.807, 2.05) is 0 Å². The minimum atomic E-state index is -3.48. The van der Waals surface area contributed by atoms with E-state index in [0.29, 0.717) is 0 Å². The molecule has 0 radical (unpaired) electrons. The lowest BCUT2D eigenvalue weighted by Crippen LogP contribution is -2.49. The van der Waals surface area contributed by atoms with E-state index in [1.165, 1.54) is 0 Å². The molecule has 1 saturated carbocycles. The molecule has 18 heavy (non-hydrogen) atoms. The third kappa shape index (κ3) is 3.32. The first kappa shape index (κ1) is 14.0. The molecule has 100 valence electrons. The molecule has 2 unspecified atom stereocenters. The molecular weight excluding hydrogens is 316 g/mol. The monoisotopic (exact) mass is 332 g/mol. The van der Waals surface area contributed by atoms with Gasteiger partial charge >= 0.3 is 0 Å². The van der Waals surface area contributed by atoms with Gasteiger partial charge in [0.2, 0.25) is 10.0 Å². The van der Waals surface area contributed by atoms with Crippen molar-refractivity contribution < 1.29 is 8.42 Å². The van der Waals surface area contributed by atoms with Crippen molar-refractivity contribution >= 4 is 26.0 Å². The summed E-state index contributed by atoms with van der Waals surface area (Å²) >= 11 is 3.27. The molecule has 0 aromatic heterocycles. The molecule has 0 heterocycles. The van der Waals surface area contributed by atoms with Crippen molar-refractivity contribution in [3.63, 3.8) is 0 Å². The molecular formula is C12H17BrN2O2S. The van der Waals surface area contributed by atoms with Crippen molar-refractivity contribution in [1.82, 2.24) is 4.72 Å². The van der Waals surface area contributed by atoms with Crippen molar-refractivity contribution in [2.45, 2.75) is 42.7 Å². The van der Waals surface area contributed by atoms with E-state index in [0.717, 1.165) is 30.2 Å².